The van der Waals surface area contributed by atoms with E-state index in [-0.39, 0.29) is 18.8 Å². The molecular weight excluding hydrogens is 336 g/mol. The fourth-order valence-corrected chi connectivity index (χ4v) is 7.71. The summed E-state index contributed by atoms with van der Waals surface area (Å²) in [6.07, 6.45) is -1.45. The molecule has 26 heavy (non-hydrogen) atoms. The number of rotatable bonds is 0. The molecule has 0 radical (unpaired) electrons. The summed E-state index contributed by atoms with van der Waals surface area (Å²) in [7, 11) is 0. The second kappa shape index (κ2) is 5.02. The summed E-state index contributed by atoms with van der Waals surface area (Å²) >= 11 is 0. The van der Waals surface area contributed by atoms with Crippen LogP contribution in [0.3, 0.4) is 0 Å². The topological polar surface area (TPSA) is 121 Å². The maximum Gasteiger partial charge on any atom is 0.101 e. The van der Waals surface area contributed by atoms with Crippen LogP contribution in [0.4, 0.5) is 0 Å². The van der Waals surface area contributed by atoms with Crippen molar-refractivity contribution in [2.75, 3.05) is 0 Å². The van der Waals surface area contributed by atoms with Crippen molar-refractivity contribution < 1.29 is 30.6 Å². The van der Waals surface area contributed by atoms with Gasteiger partial charge in [0.1, 0.15) is 5.60 Å². The highest BCUT2D eigenvalue weighted by molar-refractivity contribution is 5.27. The van der Waals surface area contributed by atoms with Gasteiger partial charge in [0, 0.05) is 16.7 Å². The van der Waals surface area contributed by atoms with Gasteiger partial charge in [0.2, 0.25) is 0 Å². The van der Waals surface area contributed by atoms with Crippen LogP contribution in [0.25, 0.3) is 0 Å². The summed E-state index contributed by atoms with van der Waals surface area (Å²) in [6, 6.07) is 0. The third-order valence-corrected chi connectivity index (χ3v) is 9.45. The molecule has 4 saturated carbocycles. The van der Waals surface area contributed by atoms with E-state index in [1.54, 1.807) is 20.8 Å². The van der Waals surface area contributed by atoms with Crippen LogP contribution < -0.4 is 0 Å². The maximum atomic E-state index is 11.9. The first-order valence-electron chi connectivity index (χ1n) is 9.97. The van der Waals surface area contributed by atoms with Gasteiger partial charge in [-0.1, -0.05) is 20.8 Å². The molecule has 0 aromatic heterocycles. The Morgan fingerprint density at radius 3 is 2.12 bits per heavy atom. The van der Waals surface area contributed by atoms with Crippen molar-refractivity contribution in [3.63, 3.8) is 0 Å². The van der Waals surface area contributed by atoms with Gasteiger partial charge in [-0.15, -0.1) is 0 Å². The smallest absolute Gasteiger partial charge is 0.101 e. The zero-order valence-corrected chi connectivity index (χ0v) is 16.2. The maximum absolute atomic E-state index is 11.9. The molecule has 4 aliphatic rings. The van der Waals surface area contributed by atoms with Gasteiger partial charge in [-0.25, -0.2) is 0 Å². The molecule has 0 aliphatic heterocycles. The van der Waals surface area contributed by atoms with E-state index in [0.717, 1.165) is 0 Å². The zero-order valence-electron chi connectivity index (χ0n) is 16.2. The second-order valence-corrected chi connectivity index (χ2v) is 10.6. The average Bonchev–Trinajstić information content (AvgIpc) is 2.77. The van der Waals surface area contributed by atoms with E-state index in [9.17, 15) is 30.6 Å². The molecule has 0 heterocycles. The van der Waals surface area contributed by atoms with Crippen molar-refractivity contribution >= 4 is 0 Å². The molecule has 2 bridgehead atoms. The Morgan fingerprint density at radius 1 is 0.885 bits per heavy atom. The van der Waals surface area contributed by atoms with E-state index in [1.165, 1.54) is 0 Å². The molecular formula is C20H34O6. The molecule has 6 N–H and O–H groups in total. The van der Waals surface area contributed by atoms with Gasteiger partial charge in [-0.05, 0) is 50.9 Å². The Morgan fingerprint density at radius 2 is 1.50 bits per heavy atom. The Balaban J connectivity index is 1.90. The molecule has 0 aromatic rings. The molecule has 4 fully saturated rings. The number of hydrogen-bond donors (Lipinski definition) is 6. The van der Waals surface area contributed by atoms with Gasteiger partial charge in [0.25, 0.3) is 0 Å². The largest absolute Gasteiger partial charge is 0.392 e. The molecule has 0 aromatic carbocycles. The molecule has 6 nitrogen and oxygen atoms in total. The molecule has 0 amide bonds. The lowest BCUT2D eigenvalue weighted by Crippen LogP contribution is -2.60. The number of aliphatic hydroxyl groups is 6. The Labute approximate surface area is 154 Å². The van der Waals surface area contributed by atoms with Crippen LogP contribution in [0.5, 0.6) is 0 Å². The Kier molecular flexibility index (Phi) is 3.69. The monoisotopic (exact) mass is 370 g/mol. The van der Waals surface area contributed by atoms with Crippen molar-refractivity contribution in [1.29, 1.82) is 0 Å². The molecule has 6 heteroatoms. The second-order valence-electron chi connectivity index (χ2n) is 10.6. The van der Waals surface area contributed by atoms with Gasteiger partial charge in [0.05, 0.1) is 29.5 Å². The third-order valence-electron chi connectivity index (χ3n) is 9.45. The number of aliphatic hydroxyl groups excluding tert-OH is 3. The summed E-state index contributed by atoms with van der Waals surface area (Å²) in [5.74, 6) is -1.25. The predicted molar refractivity (Wildman–Crippen MR) is 94.0 cm³/mol. The van der Waals surface area contributed by atoms with Gasteiger partial charge in [-0.3, -0.25) is 0 Å². The lowest BCUT2D eigenvalue weighted by Gasteiger charge is -2.53. The Hall–Kier alpha value is -0.240. The van der Waals surface area contributed by atoms with E-state index in [1.807, 2.05) is 6.92 Å². The van der Waals surface area contributed by atoms with E-state index in [2.05, 4.69) is 0 Å². The molecule has 4 rings (SSSR count). The van der Waals surface area contributed by atoms with Crippen LogP contribution in [0.2, 0.25) is 0 Å². The van der Waals surface area contributed by atoms with Crippen LogP contribution in [-0.4, -0.2) is 65.8 Å². The van der Waals surface area contributed by atoms with Gasteiger partial charge >= 0.3 is 0 Å². The molecule has 150 valence electrons. The average molecular weight is 370 g/mol. The fourth-order valence-electron chi connectivity index (χ4n) is 7.71. The lowest BCUT2D eigenvalue weighted by molar-refractivity contribution is -0.201. The van der Waals surface area contributed by atoms with Crippen molar-refractivity contribution in [3.8, 4) is 0 Å². The van der Waals surface area contributed by atoms with Crippen molar-refractivity contribution in [2.24, 2.45) is 28.6 Å². The zero-order chi connectivity index (χ0) is 19.5. The summed E-state index contributed by atoms with van der Waals surface area (Å²) in [6.45, 7) is 7.08. The van der Waals surface area contributed by atoms with Gasteiger partial charge < -0.3 is 30.6 Å². The molecule has 0 saturated heterocycles. The van der Waals surface area contributed by atoms with E-state index < -0.39 is 57.8 Å². The number of hydrogen-bond acceptors (Lipinski definition) is 6. The third kappa shape index (κ3) is 1.80. The van der Waals surface area contributed by atoms with Crippen LogP contribution in [-0.2, 0) is 0 Å². The first kappa shape index (κ1) is 19.1. The van der Waals surface area contributed by atoms with Gasteiger partial charge in [0.15, 0.2) is 0 Å². The molecule has 10 atom stereocenters. The van der Waals surface area contributed by atoms with Crippen LogP contribution in [0.15, 0.2) is 0 Å². The Bertz CT molecular complexity index is 619. The van der Waals surface area contributed by atoms with Gasteiger partial charge in [-0.2, -0.15) is 0 Å². The quantitative estimate of drug-likeness (QED) is 0.361. The number of fused-ring (bicyclic) bond motifs is 2. The summed E-state index contributed by atoms with van der Waals surface area (Å²) < 4.78 is 0. The minimum Gasteiger partial charge on any atom is -0.392 e. The first-order chi connectivity index (χ1) is 11.8. The molecule has 4 aliphatic carbocycles. The van der Waals surface area contributed by atoms with Crippen molar-refractivity contribution in [2.45, 2.75) is 94.9 Å². The SMILES string of the molecule is C[C@@H]1[C@@H]2C[C@H](O)C(C)(C)[C@@]2(O)[C@@H](O)C[C@@]23C[C@@](C)(O)[C@@H](CC[C@@]12O)[C@@H]3O. The normalized spacial score (nSPS) is 63.9. The highest BCUT2D eigenvalue weighted by atomic mass is 16.4. The highest BCUT2D eigenvalue weighted by Crippen LogP contribution is 2.70. The van der Waals surface area contributed by atoms with Crippen LogP contribution in [0, 0.1) is 28.6 Å². The lowest BCUT2D eigenvalue weighted by atomic mass is 9.56. The summed E-state index contributed by atoms with van der Waals surface area (Å²) in [5, 5.41) is 67.3. The van der Waals surface area contributed by atoms with Crippen molar-refractivity contribution in [1.82, 2.24) is 0 Å². The predicted octanol–water partition coefficient (Wildman–Crippen LogP) is 0.168. The van der Waals surface area contributed by atoms with Crippen LogP contribution in [0.1, 0.15) is 59.8 Å². The minimum atomic E-state index is -1.56. The van der Waals surface area contributed by atoms with E-state index in [0.29, 0.717) is 19.3 Å². The summed E-state index contributed by atoms with van der Waals surface area (Å²) in [4.78, 5) is 0. The highest BCUT2D eigenvalue weighted by Gasteiger charge is 2.77. The standard InChI is InChI=1S/C20H34O6/c1-10-12-7-13(21)16(2,3)20(12,26)14(22)8-18-9-17(4,24)11(15(18)23)5-6-19(10,18)25/h10-15,21-26H,5-9H2,1-4H3/t10-,11+,12+,13+,14+,15+,17-,18+,19-,20+/m1/s1. The fraction of sp³-hybridized carbons (Fsp3) is 1.00. The minimum absolute atomic E-state index is 0.0187. The molecule has 1 spiro atoms. The van der Waals surface area contributed by atoms with Crippen molar-refractivity contribution in [3.05, 3.63) is 0 Å². The molecule has 0 unspecified atom stereocenters. The van der Waals surface area contributed by atoms with E-state index in [4.69, 9.17) is 0 Å². The van der Waals surface area contributed by atoms with Crippen LogP contribution >= 0.6 is 0 Å². The van der Waals surface area contributed by atoms with E-state index >= 15 is 0 Å². The summed E-state index contributed by atoms with van der Waals surface area (Å²) in [5.41, 5.74) is -5.96. The first-order valence-corrected chi connectivity index (χ1v) is 9.97.